The van der Waals surface area contributed by atoms with Crippen LogP contribution < -0.4 is 4.74 Å². The lowest BCUT2D eigenvalue weighted by atomic mass is 9.30. The van der Waals surface area contributed by atoms with E-state index in [0.29, 0.717) is 5.41 Å². The Morgan fingerprint density at radius 3 is 2.34 bits per heavy atom. The van der Waals surface area contributed by atoms with Gasteiger partial charge in [-0.3, -0.25) is 0 Å². The Morgan fingerprint density at radius 1 is 0.927 bits per heavy atom. The first-order valence-electron chi connectivity index (χ1n) is 16.3. The van der Waals surface area contributed by atoms with E-state index in [9.17, 15) is 10.2 Å². The van der Waals surface area contributed by atoms with Gasteiger partial charge < -0.3 is 19.7 Å². The maximum absolute atomic E-state index is 12.7. The fourth-order valence-electron chi connectivity index (χ4n) is 12.5. The van der Waals surface area contributed by atoms with Crippen LogP contribution in [0.3, 0.4) is 0 Å². The molecule has 4 nitrogen and oxygen atoms in total. The van der Waals surface area contributed by atoms with E-state index in [1.165, 1.54) is 48.8 Å². The number of hydrogen-bond donors (Lipinski definition) is 2. The van der Waals surface area contributed by atoms with Crippen molar-refractivity contribution in [2.24, 2.45) is 28.1 Å². The summed E-state index contributed by atoms with van der Waals surface area (Å²) >= 11 is 0. The summed E-state index contributed by atoms with van der Waals surface area (Å²) in [7, 11) is 1.85. The molecule has 4 heteroatoms. The van der Waals surface area contributed by atoms with Crippen molar-refractivity contribution in [3.05, 3.63) is 58.7 Å². The lowest BCUT2D eigenvalue weighted by molar-refractivity contribution is -0.308. The monoisotopic (exact) mass is 554 g/mol. The van der Waals surface area contributed by atoms with Gasteiger partial charge in [-0.25, -0.2) is 0 Å². The Morgan fingerprint density at radius 2 is 1.66 bits per heavy atom. The minimum absolute atomic E-state index is 0.0597. The van der Waals surface area contributed by atoms with Crippen molar-refractivity contribution in [3.63, 3.8) is 0 Å². The summed E-state index contributed by atoms with van der Waals surface area (Å²) in [6, 6.07) is 12.8. The molecule has 2 unspecified atom stereocenters. The molecule has 6 saturated carbocycles. The Labute approximate surface area is 244 Å². The molecule has 4 bridgehead atoms. The van der Waals surface area contributed by atoms with Gasteiger partial charge in [-0.1, -0.05) is 63.9 Å². The third kappa shape index (κ3) is 2.62. The standard InChI is InChI=1S/C37H46O4/c1-31(2,3)24-9-11-25(12-10-24)32(4,39)27-20-34-15-17-37(27,40-5)30-36(34)16-14-33(18-22-6-7-22)21-35(33,34)19-23-8-13-26(38)29(41-30)28(23)36/h8-13,22,27,30,38-39H,6-7,14-21H2,1-5H3/t27-,30-,32-,33?,34-,35?,36+,37-/m1/s1. The van der Waals surface area contributed by atoms with Crippen molar-refractivity contribution < 1.29 is 19.7 Å². The fourth-order valence-corrected chi connectivity index (χ4v) is 12.5. The molecule has 3 spiro atoms. The second kappa shape index (κ2) is 7.18. The fraction of sp³-hybridized carbons (Fsp3) is 0.676. The van der Waals surface area contributed by atoms with Crippen LogP contribution in [-0.2, 0) is 27.6 Å². The van der Waals surface area contributed by atoms with Crippen LogP contribution in [0.1, 0.15) is 108 Å². The lowest BCUT2D eigenvalue weighted by Crippen LogP contribution is -2.80. The van der Waals surface area contributed by atoms with Crippen LogP contribution in [0.5, 0.6) is 11.5 Å². The molecule has 1 aliphatic heterocycles. The van der Waals surface area contributed by atoms with Gasteiger partial charge in [0.15, 0.2) is 11.5 Å². The van der Waals surface area contributed by atoms with Gasteiger partial charge in [0.05, 0.1) is 5.60 Å². The van der Waals surface area contributed by atoms with Gasteiger partial charge in [0.2, 0.25) is 0 Å². The van der Waals surface area contributed by atoms with Crippen molar-refractivity contribution in [2.45, 2.75) is 120 Å². The first kappa shape index (κ1) is 25.5. The molecular formula is C37H46O4. The highest BCUT2D eigenvalue weighted by atomic mass is 16.6. The number of benzene rings is 2. The number of ether oxygens (including phenoxy) is 2. The molecule has 0 radical (unpaired) electrons. The van der Waals surface area contributed by atoms with E-state index >= 15 is 0 Å². The predicted octanol–water partition coefficient (Wildman–Crippen LogP) is 7.31. The second-order valence-electron chi connectivity index (χ2n) is 16.8. The second-order valence-corrected chi connectivity index (χ2v) is 16.8. The summed E-state index contributed by atoms with van der Waals surface area (Å²) in [4.78, 5) is 0. The summed E-state index contributed by atoms with van der Waals surface area (Å²) in [5, 5.41) is 23.9. The Bertz CT molecular complexity index is 1480. The Balaban J connectivity index is 1.24. The molecule has 0 saturated heterocycles. The molecule has 41 heavy (non-hydrogen) atoms. The first-order chi connectivity index (χ1) is 19.4. The SMILES string of the molecule is CO[C@]12CC[C@@]3(C[C@@H]1[C@](C)(O)c1ccc(C(C)(C)C)cc1)C14Cc5ccc(O)c6c5[C@@]3(CCC1(CC1CC1)C4)[C@H]2O6. The predicted molar refractivity (Wildman–Crippen MR) is 158 cm³/mol. The first-order valence-corrected chi connectivity index (χ1v) is 16.3. The third-order valence-electron chi connectivity index (χ3n) is 14.4. The van der Waals surface area contributed by atoms with Crippen molar-refractivity contribution in [1.29, 1.82) is 0 Å². The molecule has 0 amide bonds. The topological polar surface area (TPSA) is 58.9 Å². The van der Waals surface area contributed by atoms with Crippen LogP contribution in [0.2, 0.25) is 0 Å². The summed E-state index contributed by atoms with van der Waals surface area (Å²) in [6.45, 7) is 8.76. The number of aliphatic hydroxyl groups is 1. The zero-order chi connectivity index (χ0) is 28.4. The van der Waals surface area contributed by atoms with E-state index in [4.69, 9.17) is 9.47 Å². The number of fused-ring (bicyclic) bond motifs is 2. The molecule has 2 aromatic rings. The molecule has 6 fully saturated rings. The van der Waals surface area contributed by atoms with Gasteiger partial charge in [0, 0.05) is 24.0 Å². The van der Waals surface area contributed by atoms with Crippen LogP contribution in [-0.4, -0.2) is 29.0 Å². The van der Waals surface area contributed by atoms with E-state index in [2.05, 4.69) is 51.1 Å². The van der Waals surface area contributed by atoms with Gasteiger partial charge in [-0.15, -0.1) is 0 Å². The highest BCUT2D eigenvalue weighted by Gasteiger charge is 2.91. The number of aromatic hydroxyl groups is 1. The van der Waals surface area contributed by atoms with E-state index < -0.39 is 11.2 Å². The molecular weight excluding hydrogens is 508 g/mol. The third-order valence-corrected chi connectivity index (χ3v) is 14.4. The van der Waals surface area contributed by atoms with Crippen molar-refractivity contribution in [3.8, 4) is 11.5 Å². The normalized spacial score (nSPS) is 44.0. The Hall–Kier alpha value is -2.04. The van der Waals surface area contributed by atoms with Gasteiger partial charge in [0.1, 0.15) is 11.7 Å². The highest BCUT2D eigenvalue weighted by Crippen LogP contribution is 2.93. The molecule has 7 aliphatic carbocycles. The number of hydrogen-bond acceptors (Lipinski definition) is 4. The molecule has 218 valence electrons. The summed E-state index contributed by atoms with van der Waals surface area (Å²) in [6.07, 6.45) is 11.9. The van der Waals surface area contributed by atoms with Gasteiger partial charge >= 0.3 is 0 Å². The molecule has 0 aromatic heterocycles. The number of phenolic OH excluding ortho intramolecular Hbond substituents is 1. The molecule has 8 aliphatic rings. The quantitative estimate of drug-likeness (QED) is 0.407. The van der Waals surface area contributed by atoms with Crippen molar-refractivity contribution >= 4 is 0 Å². The number of phenols is 1. The largest absolute Gasteiger partial charge is 0.504 e. The zero-order valence-electron chi connectivity index (χ0n) is 25.5. The number of methoxy groups -OCH3 is 1. The van der Waals surface area contributed by atoms with Crippen LogP contribution in [0.15, 0.2) is 36.4 Å². The molecule has 2 N–H and O–H groups in total. The maximum atomic E-state index is 12.7. The Kier molecular flexibility index (Phi) is 4.46. The average Bonchev–Trinajstić information content (AvgIpc) is 3.84. The van der Waals surface area contributed by atoms with Crippen LogP contribution in [0.25, 0.3) is 0 Å². The van der Waals surface area contributed by atoms with Gasteiger partial charge in [-0.05, 0) is 109 Å². The van der Waals surface area contributed by atoms with Gasteiger partial charge in [0.25, 0.3) is 0 Å². The lowest BCUT2D eigenvalue weighted by Gasteiger charge is -2.75. The highest BCUT2D eigenvalue weighted by molar-refractivity contribution is 5.65. The van der Waals surface area contributed by atoms with Crippen LogP contribution in [0.4, 0.5) is 0 Å². The maximum Gasteiger partial charge on any atom is 0.165 e. The smallest absolute Gasteiger partial charge is 0.165 e. The van der Waals surface area contributed by atoms with Crippen LogP contribution >= 0.6 is 0 Å². The summed E-state index contributed by atoms with van der Waals surface area (Å²) in [5.41, 5.74) is 3.96. The molecule has 1 heterocycles. The summed E-state index contributed by atoms with van der Waals surface area (Å²) < 4.78 is 13.8. The van der Waals surface area contributed by atoms with E-state index in [0.717, 1.165) is 49.3 Å². The zero-order valence-corrected chi connectivity index (χ0v) is 25.5. The van der Waals surface area contributed by atoms with Crippen molar-refractivity contribution in [2.75, 3.05) is 7.11 Å². The molecule has 8 atom stereocenters. The number of rotatable bonds is 5. The van der Waals surface area contributed by atoms with E-state index in [1.54, 1.807) is 0 Å². The molecule has 10 rings (SSSR count). The average molecular weight is 555 g/mol. The van der Waals surface area contributed by atoms with Crippen molar-refractivity contribution in [1.82, 2.24) is 0 Å². The minimum Gasteiger partial charge on any atom is -0.504 e. The van der Waals surface area contributed by atoms with E-state index in [1.807, 2.05) is 20.1 Å². The van der Waals surface area contributed by atoms with Crippen LogP contribution in [0, 0.1) is 28.1 Å². The minimum atomic E-state index is -1.07. The molecule has 2 aromatic carbocycles. The summed E-state index contributed by atoms with van der Waals surface area (Å²) in [5.74, 6) is 1.81. The van der Waals surface area contributed by atoms with E-state index in [-0.39, 0.29) is 39.4 Å². The van der Waals surface area contributed by atoms with Gasteiger partial charge in [-0.2, -0.15) is 0 Å².